The van der Waals surface area contributed by atoms with Gasteiger partial charge in [0.25, 0.3) is 0 Å². The molecule has 0 aromatic heterocycles. The quantitative estimate of drug-likeness (QED) is 0.728. The monoisotopic (exact) mass is 360 g/mol. The van der Waals surface area contributed by atoms with Crippen molar-refractivity contribution in [1.82, 2.24) is 20.4 Å². The SMILES string of the molecule is COc1cccc(CN2CCNC(=O)C2CC(=O)N2CCNC(=O)C2)c1. The van der Waals surface area contributed by atoms with Gasteiger partial charge in [0.05, 0.1) is 26.1 Å². The van der Waals surface area contributed by atoms with Crippen molar-refractivity contribution < 1.29 is 19.1 Å². The van der Waals surface area contributed by atoms with Gasteiger partial charge in [0.15, 0.2) is 0 Å². The second kappa shape index (κ2) is 8.18. The molecule has 0 spiro atoms. The highest BCUT2D eigenvalue weighted by atomic mass is 16.5. The summed E-state index contributed by atoms with van der Waals surface area (Å²) < 4.78 is 5.25. The molecule has 2 aliphatic rings. The topological polar surface area (TPSA) is 91.0 Å². The third-order valence-corrected chi connectivity index (χ3v) is 4.72. The second-order valence-corrected chi connectivity index (χ2v) is 6.50. The molecule has 1 atom stereocenters. The van der Waals surface area contributed by atoms with Gasteiger partial charge in [-0.05, 0) is 17.7 Å². The number of rotatable bonds is 5. The largest absolute Gasteiger partial charge is 0.497 e. The van der Waals surface area contributed by atoms with E-state index in [-0.39, 0.29) is 30.7 Å². The van der Waals surface area contributed by atoms with Crippen LogP contribution in [0.4, 0.5) is 0 Å². The molecule has 26 heavy (non-hydrogen) atoms. The summed E-state index contributed by atoms with van der Waals surface area (Å²) in [5.74, 6) is 0.286. The molecule has 0 bridgehead atoms. The van der Waals surface area contributed by atoms with Gasteiger partial charge in [-0.1, -0.05) is 12.1 Å². The first kappa shape index (κ1) is 18.2. The van der Waals surface area contributed by atoms with E-state index in [4.69, 9.17) is 4.74 Å². The van der Waals surface area contributed by atoms with E-state index in [1.807, 2.05) is 29.2 Å². The molecule has 2 N–H and O–H groups in total. The van der Waals surface area contributed by atoms with Gasteiger partial charge in [-0.2, -0.15) is 0 Å². The normalized spacial score (nSPS) is 21.1. The molecule has 1 aromatic carbocycles. The minimum absolute atomic E-state index is 0.0586. The molecule has 3 amide bonds. The van der Waals surface area contributed by atoms with Crippen LogP contribution in [0.15, 0.2) is 24.3 Å². The predicted octanol–water partition coefficient (Wildman–Crippen LogP) is -0.656. The lowest BCUT2D eigenvalue weighted by Crippen LogP contribution is -2.57. The van der Waals surface area contributed by atoms with Crippen LogP contribution in [0.1, 0.15) is 12.0 Å². The molecule has 8 nitrogen and oxygen atoms in total. The Morgan fingerprint density at radius 3 is 2.81 bits per heavy atom. The third kappa shape index (κ3) is 4.32. The van der Waals surface area contributed by atoms with Crippen LogP contribution in [0.3, 0.4) is 0 Å². The first-order valence-electron chi connectivity index (χ1n) is 8.76. The Hall–Kier alpha value is -2.61. The van der Waals surface area contributed by atoms with E-state index in [1.54, 1.807) is 7.11 Å². The Morgan fingerprint density at radius 2 is 2.04 bits per heavy atom. The molecule has 0 radical (unpaired) electrons. The van der Waals surface area contributed by atoms with Crippen LogP contribution in [0.5, 0.6) is 5.75 Å². The molecule has 1 unspecified atom stereocenters. The molecule has 2 fully saturated rings. The van der Waals surface area contributed by atoms with Crippen molar-refractivity contribution in [3.05, 3.63) is 29.8 Å². The Morgan fingerprint density at radius 1 is 1.23 bits per heavy atom. The van der Waals surface area contributed by atoms with Crippen LogP contribution in [0.2, 0.25) is 0 Å². The number of nitrogens with one attached hydrogen (secondary N) is 2. The van der Waals surface area contributed by atoms with Crippen molar-refractivity contribution in [2.24, 2.45) is 0 Å². The maximum Gasteiger partial charge on any atom is 0.239 e. The van der Waals surface area contributed by atoms with Crippen molar-refractivity contribution in [1.29, 1.82) is 0 Å². The van der Waals surface area contributed by atoms with E-state index in [0.29, 0.717) is 32.7 Å². The molecule has 2 aliphatic heterocycles. The van der Waals surface area contributed by atoms with Gasteiger partial charge in [-0.25, -0.2) is 0 Å². The maximum absolute atomic E-state index is 12.6. The van der Waals surface area contributed by atoms with E-state index in [0.717, 1.165) is 11.3 Å². The fourth-order valence-electron chi connectivity index (χ4n) is 3.32. The van der Waals surface area contributed by atoms with Crippen LogP contribution >= 0.6 is 0 Å². The molecule has 2 heterocycles. The smallest absolute Gasteiger partial charge is 0.239 e. The van der Waals surface area contributed by atoms with Gasteiger partial charge >= 0.3 is 0 Å². The number of carbonyl (C=O) groups excluding carboxylic acids is 3. The van der Waals surface area contributed by atoms with Crippen molar-refractivity contribution in [3.8, 4) is 5.75 Å². The number of carbonyl (C=O) groups is 3. The van der Waals surface area contributed by atoms with Crippen LogP contribution < -0.4 is 15.4 Å². The molecule has 3 rings (SSSR count). The third-order valence-electron chi connectivity index (χ3n) is 4.72. The Kier molecular flexibility index (Phi) is 5.72. The number of ether oxygens (including phenoxy) is 1. The van der Waals surface area contributed by atoms with Gasteiger partial charge < -0.3 is 20.3 Å². The second-order valence-electron chi connectivity index (χ2n) is 6.50. The van der Waals surface area contributed by atoms with Gasteiger partial charge in [0.1, 0.15) is 5.75 Å². The Bertz CT molecular complexity index is 694. The summed E-state index contributed by atoms with van der Waals surface area (Å²) in [6.45, 7) is 2.77. The van der Waals surface area contributed by atoms with E-state index >= 15 is 0 Å². The van der Waals surface area contributed by atoms with E-state index in [9.17, 15) is 14.4 Å². The number of hydrogen-bond donors (Lipinski definition) is 2. The van der Waals surface area contributed by atoms with Crippen molar-refractivity contribution in [2.75, 3.05) is 39.8 Å². The molecule has 0 saturated carbocycles. The molecule has 140 valence electrons. The zero-order valence-electron chi connectivity index (χ0n) is 14.9. The van der Waals surface area contributed by atoms with Gasteiger partial charge in [-0.15, -0.1) is 0 Å². The lowest BCUT2D eigenvalue weighted by molar-refractivity contribution is -0.142. The van der Waals surface area contributed by atoms with Gasteiger partial charge in [0.2, 0.25) is 17.7 Å². The standard InChI is InChI=1S/C18H24N4O4/c1-26-14-4-2-3-13(9-14)11-21-7-6-20-18(25)15(21)10-17(24)22-8-5-19-16(23)12-22/h2-4,9,15H,5-8,10-12H2,1H3,(H,19,23)(H,20,25). The fourth-order valence-corrected chi connectivity index (χ4v) is 3.32. The molecule has 1 aromatic rings. The summed E-state index contributed by atoms with van der Waals surface area (Å²) in [6, 6.07) is 7.15. The Labute approximate surface area is 152 Å². The first-order valence-corrected chi connectivity index (χ1v) is 8.76. The zero-order chi connectivity index (χ0) is 18.5. The van der Waals surface area contributed by atoms with Gasteiger partial charge in [0, 0.05) is 32.7 Å². The molecule has 8 heteroatoms. The van der Waals surface area contributed by atoms with Crippen LogP contribution in [0, 0.1) is 0 Å². The first-order chi connectivity index (χ1) is 12.6. The average molecular weight is 360 g/mol. The van der Waals surface area contributed by atoms with Crippen molar-refractivity contribution in [3.63, 3.8) is 0 Å². The average Bonchev–Trinajstić information content (AvgIpc) is 2.64. The van der Waals surface area contributed by atoms with Gasteiger partial charge in [-0.3, -0.25) is 19.3 Å². The number of hydrogen-bond acceptors (Lipinski definition) is 5. The maximum atomic E-state index is 12.6. The molecular formula is C18H24N4O4. The van der Waals surface area contributed by atoms with Crippen molar-refractivity contribution in [2.45, 2.75) is 19.0 Å². The zero-order valence-corrected chi connectivity index (χ0v) is 14.9. The minimum Gasteiger partial charge on any atom is -0.497 e. The Balaban J connectivity index is 1.68. The number of benzene rings is 1. The van der Waals surface area contributed by atoms with E-state index in [2.05, 4.69) is 10.6 Å². The fraction of sp³-hybridized carbons (Fsp3) is 0.500. The number of amides is 3. The lowest BCUT2D eigenvalue weighted by atomic mass is 10.1. The highest BCUT2D eigenvalue weighted by Crippen LogP contribution is 2.18. The van der Waals surface area contributed by atoms with Crippen molar-refractivity contribution >= 4 is 17.7 Å². The van der Waals surface area contributed by atoms with Crippen LogP contribution in [-0.4, -0.2) is 73.4 Å². The van der Waals surface area contributed by atoms with E-state index < -0.39 is 6.04 Å². The predicted molar refractivity (Wildman–Crippen MR) is 94.4 cm³/mol. The lowest BCUT2D eigenvalue weighted by Gasteiger charge is -2.36. The summed E-state index contributed by atoms with van der Waals surface area (Å²) in [4.78, 5) is 40.0. The summed E-state index contributed by atoms with van der Waals surface area (Å²) in [5, 5.41) is 5.53. The highest BCUT2D eigenvalue weighted by molar-refractivity contribution is 5.91. The number of methoxy groups -OCH3 is 1. The van der Waals surface area contributed by atoms with E-state index in [1.165, 1.54) is 4.90 Å². The molecule has 0 aliphatic carbocycles. The summed E-state index contributed by atoms with van der Waals surface area (Å²) in [6.07, 6.45) is 0.0725. The molecule has 2 saturated heterocycles. The molecular weight excluding hydrogens is 336 g/mol. The summed E-state index contributed by atoms with van der Waals surface area (Å²) in [7, 11) is 1.61. The van der Waals surface area contributed by atoms with Crippen LogP contribution in [-0.2, 0) is 20.9 Å². The van der Waals surface area contributed by atoms with Crippen LogP contribution in [0.25, 0.3) is 0 Å². The number of piperazine rings is 2. The summed E-state index contributed by atoms with van der Waals surface area (Å²) in [5.41, 5.74) is 1.02. The minimum atomic E-state index is -0.535. The highest BCUT2D eigenvalue weighted by Gasteiger charge is 2.33. The summed E-state index contributed by atoms with van der Waals surface area (Å²) >= 11 is 0. The number of nitrogens with zero attached hydrogens (tertiary/aromatic N) is 2.